The highest BCUT2D eigenvalue weighted by atomic mass is 19.4. The third-order valence-corrected chi connectivity index (χ3v) is 1.87. The molecule has 0 saturated carbocycles. The van der Waals surface area contributed by atoms with Crippen LogP contribution in [-0.4, -0.2) is 25.4 Å². The molecule has 1 aromatic rings. The molecule has 0 N–H and O–H groups in total. The molecular weight excluding hydrogens is 282 g/mol. The van der Waals surface area contributed by atoms with E-state index in [1.165, 1.54) is 0 Å². The lowest BCUT2D eigenvalue weighted by molar-refractivity contribution is -0.274. The molecule has 0 aliphatic rings. The number of hydrogen-bond acceptors (Lipinski definition) is 3. The highest BCUT2D eigenvalue weighted by molar-refractivity contribution is 6.00. The van der Waals surface area contributed by atoms with Crippen molar-refractivity contribution in [1.29, 1.82) is 0 Å². The molecule has 0 aromatic heterocycles. The lowest BCUT2D eigenvalue weighted by Gasteiger charge is -2.12. The summed E-state index contributed by atoms with van der Waals surface area (Å²) in [5, 5.41) is 0. The van der Waals surface area contributed by atoms with E-state index in [1.54, 1.807) is 0 Å². The number of benzene rings is 1. The van der Waals surface area contributed by atoms with Gasteiger partial charge in [-0.2, -0.15) is 13.2 Å². The van der Waals surface area contributed by atoms with Crippen molar-refractivity contribution in [3.05, 3.63) is 23.8 Å². The van der Waals surface area contributed by atoms with Crippen molar-refractivity contribution in [3.8, 4) is 11.5 Å². The molecule has 0 bridgehead atoms. The summed E-state index contributed by atoms with van der Waals surface area (Å²) >= 11 is 0. The minimum atomic E-state index is -5.21. The first-order valence-corrected chi connectivity index (χ1v) is 4.59. The molecule has 0 aliphatic carbocycles. The molecule has 9 heteroatoms. The minimum Gasteiger partial charge on any atom is -0.497 e. The standard InChI is InChI=1S/C10H6F6O3/c1-18-6-2-5(8(17)9(11,12)13)3-7(4-6)19-10(14,15)16/h2-4H,1H3. The zero-order valence-electron chi connectivity index (χ0n) is 9.22. The van der Waals surface area contributed by atoms with Crippen LogP contribution in [0.15, 0.2) is 18.2 Å². The van der Waals surface area contributed by atoms with Gasteiger partial charge in [0, 0.05) is 11.6 Å². The SMILES string of the molecule is COc1cc(OC(F)(F)F)cc(C(=O)C(F)(F)F)c1. The summed E-state index contributed by atoms with van der Waals surface area (Å²) in [6.07, 6.45) is -10.3. The van der Waals surface area contributed by atoms with Gasteiger partial charge in [-0.15, -0.1) is 13.2 Å². The van der Waals surface area contributed by atoms with Crippen molar-refractivity contribution in [2.24, 2.45) is 0 Å². The second-order valence-corrected chi connectivity index (χ2v) is 3.27. The van der Waals surface area contributed by atoms with Crippen molar-refractivity contribution < 1.29 is 40.6 Å². The smallest absolute Gasteiger partial charge is 0.497 e. The largest absolute Gasteiger partial charge is 0.573 e. The van der Waals surface area contributed by atoms with Crippen molar-refractivity contribution in [1.82, 2.24) is 0 Å². The first-order valence-electron chi connectivity index (χ1n) is 4.59. The van der Waals surface area contributed by atoms with E-state index < -0.39 is 29.6 Å². The number of ether oxygens (including phenoxy) is 2. The van der Waals surface area contributed by atoms with Gasteiger partial charge in [0.25, 0.3) is 5.78 Å². The fraction of sp³-hybridized carbons (Fsp3) is 0.300. The monoisotopic (exact) mass is 288 g/mol. The summed E-state index contributed by atoms with van der Waals surface area (Å²) in [7, 11) is 1.02. The van der Waals surface area contributed by atoms with Crippen molar-refractivity contribution in [3.63, 3.8) is 0 Å². The molecule has 0 unspecified atom stereocenters. The second-order valence-electron chi connectivity index (χ2n) is 3.27. The Hall–Kier alpha value is -1.93. The van der Waals surface area contributed by atoms with Gasteiger partial charge in [0.05, 0.1) is 7.11 Å². The molecular formula is C10H6F6O3. The fourth-order valence-electron chi connectivity index (χ4n) is 1.18. The maximum Gasteiger partial charge on any atom is 0.573 e. The van der Waals surface area contributed by atoms with Gasteiger partial charge in [-0.05, 0) is 12.1 Å². The first-order chi connectivity index (χ1) is 8.53. The summed E-state index contributed by atoms with van der Waals surface area (Å²) in [6.45, 7) is 0. The van der Waals surface area contributed by atoms with Gasteiger partial charge < -0.3 is 9.47 Å². The van der Waals surface area contributed by atoms with Crippen LogP contribution in [0.5, 0.6) is 11.5 Å². The van der Waals surface area contributed by atoms with Crippen molar-refractivity contribution in [2.75, 3.05) is 7.11 Å². The first kappa shape index (κ1) is 15.1. The zero-order chi connectivity index (χ0) is 14.8. The zero-order valence-corrected chi connectivity index (χ0v) is 9.22. The molecule has 0 radical (unpaired) electrons. The van der Waals surface area contributed by atoms with Gasteiger partial charge in [0.15, 0.2) is 0 Å². The Morgan fingerprint density at radius 3 is 1.95 bits per heavy atom. The lowest BCUT2D eigenvalue weighted by atomic mass is 10.1. The average Bonchev–Trinajstić information content (AvgIpc) is 2.23. The number of carbonyl (C=O) groups is 1. The molecule has 0 aliphatic heterocycles. The van der Waals surface area contributed by atoms with Gasteiger partial charge >= 0.3 is 12.5 Å². The molecule has 1 rings (SSSR count). The Bertz CT molecular complexity index is 477. The summed E-state index contributed by atoms with van der Waals surface area (Å²) in [5.74, 6) is -3.63. The maximum atomic E-state index is 12.2. The molecule has 19 heavy (non-hydrogen) atoms. The molecule has 0 atom stereocenters. The van der Waals surface area contributed by atoms with E-state index in [0.29, 0.717) is 18.2 Å². The average molecular weight is 288 g/mol. The lowest BCUT2D eigenvalue weighted by Crippen LogP contribution is -2.23. The number of hydrogen-bond donors (Lipinski definition) is 0. The van der Waals surface area contributed by atoms with E-state index in [9.17, 15) is 31.1 Å². The Morgan fingerprint density at radius 2 is 1.53 bits per heavy atom. The van der Waals surface area contributed by atoms with E-state index in [0.717, 1.165) is 7.11 Å². The van der Waals surface area contributed by atoms with Crippen LogP contribution in [0.3, 0.4) is 0 Å². The van der Waals surface area contributed by atoms with Gasteiger partial charge in [-0.1, -0.05) is 0 Å². The highest BCUT2D eigenvalue weighted by Crippen LogP contribution is 2.31. The van der Waals surface area contributed by atoms with E-state index in [-0.39, 0.29) is 5.75 Å². The van der Waals surface area contributed by atoms with Crippen LogP contribution in [0.2, 0.25) is 0 Å². The normalized spacial score (nSPS) is 12.2. The van der Waals surface area contributed by atoms with Crippen LogP contribution in [-0.2, 0) is 0 Å². The van der Waals surface area contributed by atoms with E-state index in [2.05, 4.69) is 9.47 Å². The molecule has 0 fully saturated rings. The minimum absolute atomic E-state index is 0.339. The number of ketones is 1. The van der Waals surface area contributed by atoms with Crippen LogP contribution in [0.4, 0.5) is 26.3 Å². The van der Waals surface area contributed by atoms with Crippen LogP contribution < -0.4 is 9.47 Å². The van der Waals surface area contributed by atoms with Crippen LogP contribution in [0, 0.1) is 0 Å². The molecule has 0 amide bonds. The number of carbonyl (C=O) groups excluding carboxylic acids is 1. The second kappa shape index (κ2) is 4.98. The number of halogens is 6. The van der Waals surface area contributed by atoms with Crippen LogP contribution in [0.1, 0.15) is 10.4 Å². The summed E-state index contributed by atoms with van der Waals surface area (Å²) in [6, 6.07) is 1.71. The fourth-order valence-corrected chi connectivity index (χ4v) is 1.18. The highest BCUT2D eigenvalue weighted by Gasteiger charge is 2.40. The maximum absolute atomic E-state index is 12.2. The number of methoxy groups -OCH3 is 1. The molecule has 0 saturated heterocycles. The third-order valence-electron chi connectivity index (χ3n) is 1.87. The molecule has 106 valence electrons. The van der Waals surface area contributed by atoms with Crippen LogP contribution in [0.25, 0.3) is 0 Å². The van der Waals surface area contributed by atoms with Gasteiger partial charge in [-0.3, -0.25) is 4.79 Å². The number of alkyl halides is 6. The number of rotatable bonds is 3. The predicted octanol–water partition coefficient (Wildman–Crippen LogP) is 3.34. The summed E-state index contributed by atoms with van der Waals surface area (Å²) in [5.41, 5.74) is -1.01. The van der Waals surface area contributed by atoms with E-state index >= 15 is 0 Å². The topological polar surface area (TPSA) is 35.5 Å². The summed E-state index contributed by atoms with van der Waals surface area (Å²) < 4.78 is 80.4. The Balaban J connectivity index is 3.20. The molecule has 3 nitrogen and oxygen atoms in total. The van der Waals surface area contributed by atoms with Gasteiger partial charge in [0.1, 0.15) is 11.5 Å². The van der Waals surface area contributed by atoms with Crippen molar-refractivity contribution in [2.45, 2.75) is 12.5 Å². The Labute approximate surface area is 102 Å². The Morgan fingerprint density at radius 1 is 1.00 bits per heavy atom. The third kappa shape index (κ3) is 4.34. The van der Waals surface area contributed by atoms with Crippen LogP contribution >= 0.6 is 0 Å². The van der Waals surface area contributed by atoms with E-state index in [4.69, 9.17) is 0 Å². The number of Topliss-reactive ketones (excluding diaryl/α,β-unsaturated/α-hetero) is 1. The predicted molar refractivity (Wildman–Crippen MR) is 50.1 cm³/mol. The van der Waals surface area contributed by atoms with Gasteiger partial charge in [0.2, 0.25) is 0 Å². The van der Waals surface area contributed by atoms with Crippen molar-refractivity contribution >= 4 is 5.78 Å². The summed E-state index contributed by atoms with van der Waals surface area (Å²) in [4.78, 5) is 10.9. The molecule has 0 spiro atoms. The van der Waals surface area contributed by atoms with Gasteiger partial charge in [-0.25, -0.2) is 0 Å². The van der Waals surface area contributed by atoms with E-state index in [1.807, 2.05) is 0 Å². The Kier molecular flexibility index (Phi) is 3.97. The quantitative estimate of drug-likeness (QED) is 0.632. The molecule has 1 aromatic carbocycles. The molecule has 0 heterocycles.